The van der Waals surface area contributed by atoms with Crippen LogP contribution in [0.4, 0.5) is 13.2 Å². The van der Waals surface area contributed by atoms with Crippen molar-refractivity contribution < 1.29 is 32.1 Å². The zero-order valence-corrected chi connectivity index (χ0v) is 17.4. The van der Waals surface area contributed by atoms with E-state index in [-0.39, 0.29) is 18.1 Å². The van der Waals surface area contributed by atoms with Gasteiger partial charge in [-0.1, -0.05) is 0 Å². The molecule has 0 heterocycles. The standard InChI is InChI=1S/C18H15Br2F3O4/c1-24-15-6-4-12(10-16(15)25-2)27-11-3-5-14(26-8-7-17(19)20)13(9-11)18(21,22)23/h3-7,9-10H,8H2,1-2H3. The van der Waals surface area contributed by atoms with Crippen molar-refractivity contribution >= 4 is 31.9 Å². The number of methoxy groups -OCH3 is 2. The zero-order chi connectivity index (χ0) is 20.0. The highest BCUT2D eigenvalue weighted by molar-refractivity contribution is 9.28. The number of rotatable bonds is 7. The third kappa shape index (κ3) is 6.07. The van der Waals surface area contributed by atoms with E-state index >= 15 is 0 Å². The van der Waals surface area contributed by atoms with Gasteiger partial charge in [0.25, 0.3) is 0 Å². The van der Waals surface area contributed by atoms with Crippen LogP contribution >= 0.6 is 31.9 Å². The number of ether oxygens (including phenoxy) is 4. The third-order valence-corrected chi connectivity index (χ3v) is 3.97. The van der Waals surface area contributed by atoms with Crippen LogP contribution in [0.2, 0.25) is 0 Å². The number of hydrogen-bond donors (Lipinski definition) is 0. The van der Waals surface area contributed by atoms with Gasteiger partial charge in [0.05, 0.1) is 17.6 Å². The van der Waals surface area contributed by atoms with Gasteiger partial charge in [0, 0.05) is 6.07 Å². The normalized spacial score (nSPS) is 10.9. The van der Waals surface area contributed by atoms with Gasteiger partial charge in [-0.2, -0.15) is 13.2 Å². The zero-order valence-electron chi connectivity index (χ0n) is 14.3. The minimum Gasteiger partial charge on any atom is -0.493 e. The highest BCUT2D eigenvalue weighted by Crippen LogP contribution is 2.40. The number of alkyl halides is 3. The summed E-state index contributed by atoms with van der Waals surface area (Å²) in [5, 5.41) is 0. The average molecular weight is 512 g/mol. The summed E-state index contributed by atoms with van der Waals surface area (Å²) >= 11 is 6.23. The van der Waals surface area contributed by atoms with Crippen molar-refractivity contribution in [2.45, 2.75) is 6.18 Å². The van der Waals surface area contributed by atoms with Crippen LogP contribution in [-0.2, 0) is 6.18 Å². The lowest BCUT2D eigenvalue weighted by atomic mass is 10.2. The summed E-state index contributed by atoms with van der Waals surface area (Å²) < 4.78 is 61.7. The molecule has 0 bridgehead atoms. The summed E-state index contributed by atoms with van der Waals surface area (Å²) in [7, 11) is 2.94. The van der Waals surface area contributed by atoms with E-state index in [0.29, 0.717) is 20.6 Å². The quantitative estimate of drug-likeness (QED) is 0.423. The predicted molar refractivity (Wildman–Crippen MR) is 102 cm³/mol. The molecule has 4 nitrogen and oxygen atoms in total. The molecule has 0 saturated carbocycles. The van der Waals surface area contributed by atoms with Crippen LogP contribution in [0.15, 0.2) is 45.9 Å². The van der Waals surface area contributed by atoms with E-state index < -0.39 is 11.7 Å². The first-order chi connectivity index (χ1) is 12.7. The van der Waals surface area contributed by atoms with Gasteiger partial charge in [0.1, 0.15) is 29.4 Å². The molecule has 0 amide bonds. The fourth-order valence-corrected chi connectivity index (χ4v) is 2.39. The lowest BCUT2D eigenvalue weighted by Gasteiger charge is -2.15. The summed E-state index contributed by atoms with van der Waals surface area (Å²) in [4.78, 5) is 0. The summed E-state index contributed by atoms with van der Waals surface area (Å²) in [6.07, 6.45) is -3.06. The highest BCUT2D eigenvalue weighted by atomic mass is 79.9. The van der Waals surface area contributed by atoms with Gasteiger partial charge >= 0.3 is 6.18 Å². The van der Waals surface area contributed by atoms with Crippen LogP contribution in [0.25, 0.3) is 0 Å². The lowest BCUT2D eigenvalue weighted by molar-refractivity contribution is -0.138. The van der Waals surface area contributed by atoms with Crippen molar-refractivity contribution in [3.63, 3.8) is 0 Å². The molecule has 146 valence electrons. The molecule has 0 fully saturated rings. The molecular formula is C18H15Br2F3O4. The maximum absolute atomic E-state index is 13.4. The van der Waals surface area contributed by atoms with E-state index in [1.807, 2.05) is 0 Å². The van der Waals surface area contributed by atoms with E-state index in [1.54, 1.807) is 12.1 Å². The number of halogens is 5. The van der Waals surface area contributed by atoms with Crippen molar-refractivity contribution in [2.24, 2.45) is 0 Å². The minimum absolute atomic E-state index is 0.0131. The second-order valence-corrected chi connectivity index (χ2v) is 7.85. The van der Waals surface area contributed by atoms with Crippen molar-refractivity contribution in [2.75, 3.05) is 20.8 Å². The monoisotopic (exact) mass is 510 g/mol. The SMILES string of the molecule is COc1ccc(Oc2ccc(OCC=C(Br)Br)c(C(F)(F)F)c2)cc1OC. The second-order valence-electron chi connectivity index (χ2n) is 5.08. The van der Waals surface area contributed by atoms with Gasteiger partial charge in [-0.05, 0) is 68.3 Å². The Morgan fingerprint density at radius 3 is 2.07 bits per heavy atom. The molecule has 0 spiro atoms. The van der Waals surface area contributed by atoms with E-state index in [0.717, 1.165) is 6.07 Å². The summed E-state index contributed by atoms with van der Waals surface area (Å²) in [5.41, 5.74) is -0.931. The Morgan fingerprint density at radius 1 is 0.926 bits per heavy atom. The molecule has 0 aliphatic heterocycles. The van der Waals surface area contributed by atoms with Gasteiger partial charge < -0.3 is 18.9 Å². The van der Waals surface area contributed by atoms with Crippen LogP contribution in [-0.4, -0.2) is 20.8 Å². The van der Waals surface area contributed by atoms with E-state index in [9.17, 15) is 13.2 Å². The molecule has 2 rings (SSSR count). The molecule has 27 heavy (non-hydrogen) atoms. The molecule has 0 radical (unpaired) electrons. The topological polar surface area (TPSA) is 36.9 Å². The summed E-state index contributed by atoms with van der Waals surface area (Å²) in [6, 6.07) is 8.19. The maximum atomic E-state index is 13.4. The first-order valence-corrected chi connectivity index (χ1v) is 9.08. The number of hydrogen-bond acceptors (Lipinski definition) is 4. The molecule has 0 N–H and O–H groups in total. The molecular weight excluding hydrogens is 497 g/mol. The van der Waals surface area contributed by atoms with Crippen LogP contribution < -0.4 is 18.9 Å². The number of benzene rings is 2. The minimum atomic E-state index is -4.60. The molecule has 0 aromatic heterocycles. The molecule has 0 atom stereocenters. The first kappa shape index (κ1) is 21.4. The Bertz CT molecular complexity index is 819. The molecule has 0 aliphatic carbocycles. The first-order valence-electron chi connectivity index (χ1n) is 7.49. The highest BCUT2D eigenvalue weighted by Gasteiger charge is 2.35. The van der Waals surface area contributed by atoms with Crippen LogP contribution in [0, 0.1) is 0 Å². The third-order valence-electron chi connectivity index (χ3n) is 3.32. The average Bonchev–Trinajstić information content (AvgIpc) is 2.61. The van der Waals surface area contributed by atoms with Crippen LogP contribution in [0.3, 0.4) is 0 Å². The van der Waals surface area contributed by atoms with Crippen molar-refractivity contribution in [3.05, 3.63) is 51.4 Å². The summed E-state index contributed by atoms with van der Waals surface area (Å²) in [5.74, 6) is 0.910. The van der Waals surface area contributed by atoms with E-state index in [2.05, 4.69) is 31.9 Å². The largest absolute Gasteiger partial charge is 0.493 e. The van der Waals surface area contributed by atoms with Crippen LogP contribution in [0.5, 0.6) is 28.7 Å². The molecule has 2 aromatic rings. The maximum Gasteiger partial charge on any atom is 0.420 e. The van der Waals surface area contributed by atoms with Gasteiger partial charge in [-0.25, -0.2) is 0 Å². The molecule has 0 aliphatic rings. The van der Waals surface area contributed by atoms with E-state index in [4.69, 9.17) is 18.9 Å². The smallest absolute Gasteiger partial charge is 0.420 e. The molecule has 0 unspecified atom stereocenters. The van der Waals surface area contributed by atoms with E-state index in [1.165, 1.54) is 38.5 Å². The molecule has 0 saturated heterocycles. The fourth-order valence-electron chi connectivity index (χ4n) is 2.13. The second kappa shape index (κ2) is 9.36. The van der Waals surface area contributed by atoms with Crippen molar-refractivity contribution in [3.8, 4) is 28.7 Å². The summed E-state index contributed by atoms with van der Waals surface area (Å²) in [6.45, 7) is -0.0369. The Labute approximate surface area is 171 Å². The van der Waals surface area contributed by atoms with Gasteiger partial charge in [0.15, 0.2) is 11.5 Å². The van der Waals surface area contributed by atoms with Gasteiger partial charge in [0.2, 0.25) is 0 Å². The van der Waals surface area contributed by atoms with Crippen LogP contribution in [0.1, 0.15) is 5.56 Å². The molecule has 9 heteroatoms. The van der Waals surface area contributed by atoms with Crippen molar-refractivity contribution in [1.82, 2.24) is 0 Å². The van der Waals surface area contributed by atoms with Crippen molar-refractivity contribution in [1.29, 1.82) is 0 Å². The fraction of sp³-hybridized carbons (Fsp3) is 0.222. The van der Waals surface area contributed by atoms with Gasteiger partial charge in [-0.3, -0.25) is 0 Å². The predicted octanol–water partition coefficient (Wildman–Crippen LogP) is 6.52. The Balaban J connectivity index is 2.29. The Hall–Kier alpha value is -1.87. The Kier molecular flexibility index (Phi) is 7.43. The van der Waals surface area contributed by atoms with Gasteiger partial charge in [-0.15, -0.1) is 0 Å². The lowest BCUT2D eigenvalue weighted by Crippen LogP contribution is -2.09. The Morgan fingerprint density at radius 2 is 1.52 bits per heavy atom. The molecule has 2 aromatic carbocycles.